The van der Waals surface area contributed by atoms with E-state index in [-0.39, 0.29) is 35.9 Å². The highest BCUT2D eigenvalue weighted by Gasteiger charge is 2.44. The first-order chi connectivity index (χ1) is 16.6. The number of anilines is 2. The molecule has 0 spiro atoms. The Morgan fingerprint density at radius 3 is 2.46 bits per heavy atom. The van der Waals surface area contributed by atoms with Gasteiger partial charge in [-0.15, -0.1) is 10.2 Å². The van der Waals surface area contributed by atoms with Crippen LogP contribution >= 0.6 is 0 Å². The van der Waals surface area contributed by atoms with E-state index in [1.807, 2.05) is 13.8 Å². The van der Waals surface area contributed by atoms with Gasteiger partial charge in [0.05, 0.1) is 11.6 Å². The molecule has 0 radical (unpaired) electrons. The maximum Gasteiger partial charge on any atom is 0.419 e. The first kappa shape index (κ1) is 23.4. The topological polar surface area (TPSA) is 94.1 Å². The minimum atomic E-state index is -4.84. The molecule has 2 bridgehead atoms. The first-order valence-electron chi connectivity index (χ1n) is 11.4. The zero-order valence-electron chi connectivity index (χ0n) is 19.4. The quantitative estimate of drug-likeness (QED) is 0.486. The van der Waals surface area contributed by atoms with E-state index in [9.17, 15) is 17.6 Å². The van der Waals surface area contributed by atoms with Gasteiger partial charge in [-0.05, 0) is 50.7 Å². The second-order valence-corrected chi connectivity index (χ2v) is 9.25. The number of nitrogens with zero attached hydrogens (tertiary/aromatic N) is 6. The van der Waals surface area contributed by atoms with Crippen LogP contribution in [0.5, 0.6) is 11.8 Å². The SMILES string of the molecule is Cc1nnc(N2C[C@H]3CC[C@@H](C2)C3Nc2nc(Oc3cccc(C(F)(F)F)c3F)n(C(C)C)n2)o1. The van der Waals surface area contributed by atoms with Crippen molar-refractivity contribution in [3.63, 3.8) is 0 Å². The number of piperidine rings is 1. The van der Waals surface area contributed by atoms with E-state index in [1.165, 1.54) is 4.68 Å². The van der Waals surface area contributed by atoms with Crippen LogP contribution in [0.25, 0.3) is 0 Å². The average Bonchev–Trinajstić information content (AvgIpc) is 3.45. The van der Waals surface area contributed by atoms with E-state index in [2.05, 4.69) is 30.5 Å². The van der Waals surface area contributed by atoms with Gasteiger partial charge in [-0.2, -0.15) is 18.2 Å². The summed E-state index contributed by atoms with van der Waals surface area (Å²) >= 11 is 0. The predicted molar refractivity (Wildman–Crippen MR) is 117 cm³/mol. The lowest BCUT2D eigenvalue weighted by Gasteiger charge is -2.37. The Hall–Kier alpha value is -3.38. The van der Waals surface area contributed by atoms with Gasteiger partial charge >= 0.3 is 18.2 Å². The van der Waals surface area contributed by atoms with Crippen molar-refractivity contribution in [1.29, 1.82) is 0 Å². The molecule has 3 aromatic rings. The number of aryl methyl sites for hydroxylation is 1. The zero-order chi connectivity index (χ0) is 24.9. The van der Waals surface area contributed by atoms with Crippen molar-refractivity contribution in [3.8, 4) is 11.8 Å². The lowest BCUT2D eigenvalue weighted by Crippen LogP contribution is -2.48. The highest BCUT2D eigenvalue weighted by molar-refractivity contribution is 5.37. The third-order valence-electron chi connectivity index (χ3n) is 6.47. The number of fused-ring (bicyclic) bond motifs is 2. The van der Waals surface area contributed by atoms with E-state index >= 15 is 0 Å². The minimum Gasteiger partial charge on any atom is -0.421 e. The summed E-state index contributed by atoms with van der Waals surface area (Å²) in [6, 6.07) is 3.18. The Bertz CT molecular complexity index is 1190. The van der Waals surface area contributed by atoms with Crippen LogP contribution in [0.15, 0.2) is 22.6 Å². The monoisotopic (exact) mass is 495 g/mol. The summed E-state index contributed by atoms with van der Waals surface area (Å²) in [4.78, 5) is 6.44. The van der Waals surface area contributed by atoms with E-state index < -0.39 is 23.3 Å². The van der Waals surface area contributed by atoms with E-state index in [1.54, 1.807) is 6.92 Å². The van der Waals surface area contributed by atoms with Crippen LogP contribution < -0.4 is 15.0 Å². The molecular weight excluding hydrogens is 470 g/mol. The Labute approximate surface area is 198 Å². The van der Waals surface area contributed by atoms with Crippen molar-refractivity contribution >= 4 is 12.0 Å². The molecule has 0 amide bonds. The van der Waals surface area contributed by atoms with Crippen LogP contribution in [0.3, 0.4) is 0 Å². The molecule has 3 heterocycles. The highest BCUT2D eigenvalue weighted by atomic mass is 19.4. The number of nitrogens with one attached hydrogen (secondary N) is 1. The van der Waals surface area contributed by atoms with Crippen molar-refractivity contribution in [3.05, 3.63) is 35.5 Å². The molecule has 2 aromatic heterocycles. The minimum absolute atomic E-state index is 0.0909. The molecule has 35 heavy (non-hydrogen) atoms. The number of hydrogen-bond acceptors (Lipinski definition) is 8. The van der Waals surface area contributed by atoms with Gasteiger partial charge in [0.15, 0.2) is 11.6 Å². The third kappa shape index (κ3) is 4.50. The maximum absolute atomic E-state index is 14.5. The molecule has 2 fully saturated rings. The summed E-state index contributed by atoms with van der Waals surface area (Å²) in [7, 11) is 0. The summed E-state index contributed by atoms with van der Waals surface area (Å²) in [6.45, 7) is 6.87. The summed E-state index contributed by atoms with van der Waals surface area (Å²) in [5.41, 5.74) is -1.40. The van der Waals surface area contributed by atoms with Crippen LogP contribution in [-0.2, 0) is 6.18 Å². The van der Waals surface area contributed by atoms with Crippen molar-refractivity contribution in [2.75, 3.05) is 23.3 Å². The van der Waals surface area contributed by atoms with Crippen molar-refractivity contribution in [1.82, 2.24) is 25.0 Å². The van der Waals surface area contributed by atoms with Crippen LogP contribution in [0.4, 0.5) is 29.5 Å². The third-order valence-corrected chi connectivity index (χ3v) is 6.47. The predicted octanol–water partition coefficient (Wildman–Crippen LogP) is 4.83. The summed E-state index contributed by atoms with van der Waals surface area (Å²) < 4.78 is 66.3. The lowest BCUT2D eigenvalue weighted by atomic mass is 9.92. The molecule has 3 atom stereocenters. The van der Waals surface area contributed by atoms with E-state index in [0.717, 1.165) is 38.1 Å². The summed E-state index contributed by atoms with van der Waals surface area (Å²) in [6.07, 6.45) is -2.82. The Balaban J connectivity index is 1.35. The van der Waals surface area contributed by atoms with Crippen LogP contribution in [0.1, 0.15) is 44.2 Å². The normalized spacial score (nSPS) is 22.2. The summed E-state index contributed by atoms with van der Waals surface area (Å²) in [5, 5.41) is 15.9. The Morgan fingerprint density at radius 2 is 1.86 bits per heavy atom. The zero-order valence-corrected chi connectivity index (χ0v) is 19.4. The molecule has 1 saturated heterocycles. The molecule has 9 nitrogen and oxygen atoms in total. The van der Waals surface area contributed by atoms with Crippen molar-refractivity contribution in [2.45, 2.75) is 51.9 Å². The first-order valence-corrected chi connectivity index (χ1v) is 11.4. The fourth-order valence-corrected chi connectivity index (χ4v) is 4.86. The Kier molecular flexibility index (Phi) is 5.80. The van der Waals surface area contributed by atoms with Gasteiger partial charge in [0.2, 0.25) is 11.8 Å². The molecular formula is C22H25F4N7O2. The number of rotatable bonds is 6. The summed E-state index contributed by atoms with van der Waals surface area (Å²) in [5.74, 6) is -0.682. The van der Waals surface area contributed by atoms with E-state index in [0.29, 0.717) is 18.0 Å². The number of halogens is 4. The molecule has 1 aromatic carbocycles. The average molecular weight is 495 g/mol. The lowest BCUT2D eigenvalue weighted by molar-refractivity contribution is -0.140. The second kappa shape index (κ2) is 8.68. The second-order valence-electron chi connectivity index (χ2n) is 9.25. The molecule has 13 heteroatoms. The molecule has 2 aliphatic rings. The number of aromatic nitrogens is 5. The van der Waals surface area contributed by atoms with Crippen molar-refractivity contribution in [2.24, 2.45) is 11.8 Å². The largest absolute Gasteiger partial charge is 0.421 e. The van der Waals surface area contributed by atoms with Gasteiger partial charge in [0, 0.05) is 26.1 Å². The van der Waals surface area contributed by atoms with Crippen LogP contribution in [0, 0.1) is 24.6 Å². The van der Waals surface area contributed by atoms with Crippen molar-refractivity contribution < 1.29 is 26.7 Å². The fraction of sp³-hybridized carbons (Fsp3) is 0.545. The van der Waals surface area contributed by atoms with Gasteiger partial charge in [-0.3, -0.25) is 0 Å². The number of benzene rings is 1. The molecule has 1 N–H and O–H groups in total. The highest BCUT2D eigenvalue weighted by Crippen LogP contribution is 2.40. The molecule has 5 rings (SSSR count). The molecule has 1 saturated carbocycles. The van der Waals surface area contributed by atoms with Crippen LogP contribution in [-0.4, -0.2) is 44.1 Å². The molecule has 188 valence electrons. The number of alkyl halides is 3. The van der Waals surface area contributed by atoms with Gasteiger partial charge in [0.1, 0.15) is 0 Å². The molecule has 1 aliphatic carbocycles. The van der Waals surface area contributed by atoms with Gasteiger partial charge < -0.3 is 19.4 Å². The molecule has 1 aliphatic heterocycles. The van der Waals surface area contributed by atoms with Crippen LogP contribution in [0.2, 0.25) is 0 Å². The van der Waals surface area contributed by atoms with E-state index in [4.69, 9.17) is 9.15 Å². The van der Waals surface area contributed by atoms with Gasteiger partial charge in [-0.25, -0.2) is 9.07 Å². The smallest absolute Gasteiger partial charge is 0.419 e. The number of ether oxygens (including phenoxy) is 1. The fourth-order valence-electron chi connectivity index (χ4n) is 4.86. The standard InChI is InChI=1S/C22H25F4N7O2/c1-11(2)33-20(35-16-6-4-5-15(17(16)23)22(24,25)26)28-19(31-33)27-18-13-7-8-14(18)10-32(9-13)21-30-29-12(3)34-21/h4-6,11,13-14,18H,7-10H2,1-3H3,(H,27,31)/t13-,14+,18?. The molecule has 1 unspecified atom stereocenters. The van der Waals surface area contributed by atoms with Gasteiger partial charge in [0.25, 0.3) is 0 Å². The maximum atomic E-state index is 14.5. The number of hydrogen-bond donors (Lipinski definition) is 1. The Morgan fingerprint density at radius 1 is 1.14 bits per heavy atom. The van der Waals surface area contributed by atoms with Gasteiger partial charge in [-0.1, -0.05) is 11.2 Å².